The van der Waals surface area contributed by atoms with E-state index in [-0.39, 0.29) is 24.2 Å². The molecule has 218 valence electrons. The Kier molecular flexibility index (Phi) is 12.0. The number of hydrogen-bond acceptors (Lipinski definition) is 6. The van der Waals surface area contributed by atoms with Gasteiger partial charge in [0.1, 0.15) is 24.4 Å². The van der Waals surface area contributed by atoms with Crippen molar-refractivity contribution in [1.29, 1.82) is 0 Å². The molecule has 0 bridgehead atoms. The third-order valence-corrected chi connectivity index (χ3v) is 7.50. The molecule has 0 radical (unpaired) electrons. The fourth-order valence-corrected chi connectivity index (χ4v) is 5.00. The second-order valence-electron chi connectivity index (χ2n) is 10.6. The summed E-state index contributed by atoms with van der Waals surface area (Å²) >= 11 is 0. The molecule has 2 aromatic carbocycles. The highest BCUT2D eigenvalue weighted by molar-refractivity contribution is 5.93. The standard InChI is InChI=1S/C31H44N4O5/c1-5-21(2)27-31(39)35(4)28(22(3)36)30(38)34-25(20-23-12-7-6-8-13-23)29(37)33-17-11-15-24-14-9-10-16-26(24)40-19-18-32-27/h6-10,12-14,16,21-22,25,27-28,32,36H,5,11,15,17-20H2,1-4H3,(H,33,37)(H,34,38)/t21?,22-,25+,27-,28-/m0/s1. The zero-order chi connectivity index (χ0) is 29.1. The molecule has 0 aliphatic carbocycles. The van der Waals surface area contributed by atoms with Crippen LogP contribution in [-0.4, -0.2) is 78.7 Å². The number of hydrogen-bond donors (Lipinski definition) is 4. The molecule has 0 spiro atoms. The van der Waals surface area contributed by atoms with Gasteiger partial charge in [-0.1, -0.05) is 68.8 Å². The maximum absolute atomic E-state index is 13.7. The molecule has 0 saturated heterocycles. The number of nitrogens with one attached hydrogen (secondary N) is 3. The van der Waals surface area contributed by atoms with Crippen LogP contribution in [-0.2, 0) is 27.2 Å². The predicted octanol–water partition coefficient (Wildman–Crippen LogP) is 2.07. The van der Waals surface area contributed by atoms with Crippen LogP contribution in [0.1, 0.15) is 44.7 Å². The molecule has 1 aliphatic heterocycles. The van der Waals surface area contributed by atoms with Crippen LogP contribution < -0.4 is 20.7 Å². The highest BCUT2D eigenvalue weighted by Crippen LogP contribution is 2.20. The van der Waals surface area contributed by atoms with Crippen LogP contribution in [0.25, 0.3) is 0 Å². The lowest BCUT2D eigenvalue weighted by atomic mass is 9.96. The molecule has 2 aromatic rings. The summed E-state index contributed by atoms with van der Waals surface area (Å²) in [6.07, 6.45) is 1.27. The van der Waals surface area contributed by atoms with E-state index in [1.54, 1.807) is 0 Å². The van der Waals surface area contributed by atoms with Gasteiger partial charge in [-0.2, -0.15) is 0 Å². The van der Waals surface area contributed by atoms with E-state index in [9.17, 15) is 19.5 Å². The summed E-state index contributed by atoms with van der Waals surface area (Å²) in [5.74, 6) is -0.449. The molecule has 9 heteroatoms. The Morgan fingerprint density at radius 2 is 1.70 bits per heavy atom. The Morgan fingerprint density at radius 3 is 2.40 bits per heavy atom. The Hall–Kier alpha value is -3.43. The lowest BCUT2D eigenvalue weighted by molar-refractivity contribution is -0.146. The quantitative estimate of drug-likeness (QED) is 0.451. The Balaban J connectivity index is 1.92. The number of amides is 3. The summed E-state index contributed by atoms with van der Waals surface area (Å²) in [5.41, 5.74) is 1.93. The van der Waals surface area contributed by atoms with Crippen LogP contribution in [0.2, 0.25) is 0 Å². The van der Waals surface area contributed by atoms with Crippen molar-refractivity contribution in [2.45, 2.75) is 70.7 Å². The molecule has 1 heterocycles. The molecule has 0 fully saturated rings. The Morgan fingerprint density at radius 1 is 1.00 bits per heavy atom. The molecule has 1 unspecified atom stereocenters. The average molecular weight is 553 g/mol. The maximum atomic E-state index is 13.7. The third kappa shape index (κ3) is 8.53. The van der Waals surface area contributed by atoms with Crippen molar-refractivity contribution >= 4 is 17.7 Å². The Bertz CT molecular complexity index is 1110. The average Bonchev–Trinajstić information content (AvgIpc) is 2.94. The van der Waals surface area contributed by atoms with Gasteiger partial charge in [0.2, 0.25) is 17.7 Å². The van der Waals surface area contributed by atoms with Gasteiger partial charge < -0.3 is 30.7 Å². The van der Waals surface area contributed by atoms with Crippen molar-refractivity contribution in [1.82, 2.24) is 20.9 Å². The summed E-state index contributed by atoms with van der Waals surface area (Å²) in [4.78, 5) is 41.8. The fraction of sp³-hybridized carbons (Fsp3) is 0.516. The van der Waals surface area contributed by atoms with E-state index in [4.69, 9.17) is 4.74 Å². The second-order valence-corrected chi connectivity index (χ2v) is 10.6. The smallest absolute Gasteiger partial charge is 0.246 e. The monoisotopic (exact) mass is 552 g/mol. The minimum absolute atomic E-state index is 0.0258. The van der Waals surface area contributed by atoms with Gasteiger partial charge in [0.15, 0.2) is 0 Å². The minimum Gasteiger partial charge on any atom is -0.492 e. The van der Waals surface area contributed by atoms with Gasteiger partial charge in [0.25, 0.3) is 0 Å². The number of aliphatic hydroxyl groups excluding tert-OH is 1. The summed E-state index contributed by atoms with van der Waals surface area (Å²) in [6.45, 7) is 6.67. The van der Waals surface area contributed by atoms with Gasteiger partial charge in [-0.3, -0.25) is 14.4 Å². The van der Waals surface area contributed by atoms with E-state index >= 15 is 0 Å². The van der Waals surface area contributed by atoms with Crippen molar-refractivity contribution in [2.75, 3.05) is 26.7 Å². The van der Waals surface area contributed by atoms with Crippen molar-refractivity contribution in [3.05, 3.63) is 65.7 Å². The number of likely N-dealkylation sites (N-methyl/N-ethyl adjacent to an activating group) is 1. The first-order valence-corrected chi connectivity index (χ1v) is 14.2. The molecule has 5 atom stereocenters. The second kappa shape index (κ2) is 15.4. The first kappa shape index (κ1) is 31.1. The third-order valence-electron chi connectivity index (χ3n) is 7.50. The van der Waals surface area contributed by atoms with Crippen LogP contribution >= 0.6 is 0 Å². The summed E-state index contributed by atoms with van der Waals surface area (Å²) in [7, 11) is 1.52. The van der Waals surface area contributed by atoms with Gasteiger partial charge in [0, 0.05) is 26.6 Å². The molecule has 0 aromatic heterocycles. The number of benzene rings is 2. The SMILES string of the molecule is CCC(C)[C@@H]1NCCOc2ccccc2CCCNC(=O)[C@@H](Cc2ccccc2)NC(=O)[C@H]([C@H](C)O)N(C)C1=O. The molecule has 4 N–H and O–H groups in total. The zero-order valence-corrected chi connectivity index (χ0v) is 24.1. The molecule has 3 rings (SSSR count). The molecule has 9 nitrogen and oxygen atoms in total. The van der Waals surface area contributed by atoms with Crippen molar-refractivity contribution < 1.29 is 24.2 Å². The van der Waals surface area contributed by atoms with Crippen molar-refractivity contribution in [2.24, 2.45) is 5.92 Å². The van der Waals surface area contributed by atoms with Crippen LogP contribution in [0, 0.1) is 5.92 Å². The van der Waals surface area contributed by atoms with E-state index in [0.717, 1.165) is 23.3 Å². The number of nitrogens with zero attached hydrogens (tertiary/aromatic N) is 1. The highest BCUT2D eigenvalue weighted by atomic mass is 16.5. The number of ether oxygens (including phenoxy) is 1. The lowest BCUT2D eigenvalue weighted by Crippen LogP contribution is -2.61. The van der Waals surface area contributed by atoms with Gasteiger partial charge in [0.05, 0.1) is 12.1 Å². The summed E-state index contributed by atoms with van der Waals surface area (Å²) in [6, 6.07) is 14.6. The zero-order valence-electron chi connectivity index (χ0n) is 24.1. The maximum Gasteiger partial charge on any atom is 0.246 e. The number of rotatable bonds is 5. The molecular weight excluding hydrogens is 508 g/mol. The van der Waals surface area contributed by atoms with Gasteiger partial charge in [-0.15, -0.1) is 0 Å². The predicted molar refractivity (Wildman–Crippen MR) is 155 cm³/mol. The van der Waals surface area contributed by atoms with Gasteiger partial charge in [-0.25, -0.2) is 0 Å². The van der Waals surface area contributed by atoms with Crippen LogP contribution in [0.3, 0.4) is 0 Å². The van der Waals surface area contributed by atoms with Crippen LogP contribution in [0.5, 0.6) is 5.75 Å². The van der Waals surface area contributed by atoms with Gasteiger partial charge in [-0.05, 0) is 42.9 Å². The minimum atomic E-state index is -1.17. The highest BCUT2D eigenvalue weighted by Gasteiger charge is 2.37. The number of carbonyl (C=O) groups excluding carboxylic acids is 3. The van der Waals surface area contributed by atoms with Crippen LogP contribution in [0.4, 0.5) is 0 Å². The number of carbonyl (C=O) groups is 3. The largest absolute Gasteiger partial charge is 0.492 e. The number of para-hydroxylation sites is 1. The summed E-state index contributed by atoms with van der Waals surface area (Å²) < 4.78 is 6.06. The topological polar surface area (TPSA) is 120 Å². The molecular formula is C31H44N4O5. The van der Waals surface area contributed by atoms with Crippen molar-refractivity contribution in [3.8, 4) is 5.75 Å². The number of aliphatic hydroxyl groups is 1. The molecule has 0 saturated carbocycles. The first-order valence-electron chi connectivity index (χ1n) is 14.2. The molecule has 1 aliphatic rings. The van der Waals surface area contributed by atoms with E-state index in [1.165, 1.54) is 18.9 Å². The number of fused-ring (bicyclic) bond motifs is 1. The van der Waals surface area contributed by atoms with Gasteiger partial charge >= 0.3 is 0 Å². The Labute approximate surface area is 237 Å². The summed E-state index contributed by atoms with van der Waals surface area (Å²) in [5, 5.41) is 19.7. The molecule has 40 heavy (non-hydrogen) atoms. The van der Waals surface area contributed by atoms with E-state index < -0.39 is 30.1 Å². The number of aryl methyl sites for hydroxylation is 1. The van der Waals surface area contributed by atoms with Crippen LogP contribution in [0.15, 0.2) is 54.6 Å². The van der Waals surface area contributed by atoms with E-state index in [1.807, 2.05) is 68.4 Å². The van der Waals surface area contributed by atoms with E-state index in [0.29, 0.717) is 32.5 Å². The first-order chi connectivity index (χ1) is 19.2. The fourth-order valence-electron chi connectivity index (χ4n) is 5.00. The van der Waals surface area contributed by atoms with Crippen molar-refractivity contribution in [3.63, 3.8) is 0 Å². The normalized spacial score (nSPS) is 23.5. The van der Waals surface area contributed by atoms with E-state index in [2.05, 4.69) is 16.0 Å². The lowest BCUT2D eigenvalue weighted by Gasteiger charge is -2.35. The molecule has 3 amide bonds.